The van der Waals surface area contributed by atoms with Crippen LogP contribution < -0.4 is 0 Å². The molecule has 0 spiro atoms. The second kappa shape index (κ2) is 6.33. The zero-order chi connectivity index (χ0) is 14.7. The highest BCUT2D eigenvalue weighted by molar-refractivity contribution is 5.75. The van der Waals surface area contributed by atoms with Gasteiger partial charge in [-0.15, -0.1) is 0 Å². The normalized spacial score (nSPS) is 19.2. The molecule has 0 saturated carbocycles. The Labute approximate surface area is 118 Å². The summed E-state index contributed by atoms with van der Waals surface area (Å²) in [6.45, 7) is 1.89. The summed E-state index contributed by atoms with van der Waals surface area (Å²) in [6, 6.07) is 5.37. The van der Waals surface area contributed by atoms with E-state index in [1.54, 1.807) is 30.1 Å². The summed E-state index contributed by atoms with van der Waals surface area (Å²) in [5, 5.41) is 9.49. The van der Waals surface area contributed by atoms with Crippen LogP contribution in [-0.4, -0.2) is 54.1 Å². The first kappa shape index (κ1) is 14.9. The number of likely N-dealkylation sites (N-methyl/N-ethyl adjacent to an activating group) is 1. The Morgan fingerprint density at radius 1 is 1.40 bits per heavy atom. The molecule has 1 unspecified atom stereocenters. The number of halogens is 1. The average molecular weight is 280 g/mol. The van der Waals surface area contributed by atoms with Gasteiger partial charge in [0.1, 0.15) is 11.9 Å². The van der Waals surface area contributed by atoms with Gasteiger partial charge in [0.15, 0.2) is 0 Å². The summed E-state index contributed by atoms with van der Waals surface area (Å²) in [5.41, 5.74) is 0.237. The molecule has 1 fully saturated rings. The number of carboxylic acid groups (broad SMARTS) is 1. The van der Waals surface area contributed by atoms with Gasteiger partial charge in [-0.25, -0.2) is 4.39 Å². The molecular weight excluding hydrogens is 259 g/mol. The van der Waals surface area contributed by atoms with E-state index in [-0.39, 0.29) is 11.6 Å². The van der Waals surface area contributed by atoms with Crippen molar-refractivity contribution in [1.82, 2.24) is 9.80 Å². The van der Waals surface area contributed by atoms with Gasteiger partial charge in [0.05, 0.1) is 0 Å². The SMILES string of the molecule is CN1CCC(N(C)C(C(=O)O)c2ccccc2F)CC1. The van der Waals surface area contributed by atoms with Crippen LogP contribution in [0, 0.1) is 5.82 Å². The molecule has 1 saturated heterocycles. The standard InChI is InChI=1S/C15H21FN2O2/c1-17-9-7-11(8-10-17)18(2)14(15(19)20)12-5-3-4-6-13(12)16/h3-6,11,14H,7-10H2,1-2H3,(H,19,20). The summed E-state index contributed by atoms with van der Waals surface area (Å²) < 4.78 is 13.9. The van der Waals surface area contributed by atoms with E-state index in [9.17, 15) is 14.3 Å². The Morgan fingerprint density at radius 2 is 2.00 bits per heavy atom. The van der Waals surface area contributed by atoms with E-state index >= 15 is 0 Å². The first-order chi connectivity index (χ1) is 9.50. The van der Waals surface area contributed by atoms with Crippen LogP contribution in [0.2, 0.25) is 0 Å². The Balaban J connectivity index is 2.21. The molecule has 1 aromatic carbocycles. The lowest BCUT2D eigenvalue weighted by Gasteiger charge is -2.38. The molecule has 0 bridgehead atoms. The quantitative estimate of drug-likeness (QED) is 0.916. The molecule has 1 aliphatic heterocycles. The van der Waals surface area contributed by atoms with E-state index in [1.807, 2.05) is 0 Å². The van der Waals surface area contributed by atoms with E-state index in [0.717, 1.165) is 25.9 Å². The lowest BCUT2D eigenvalue weighted by Crippen LogP contribution is -2.45. The minimum atomic E-state index is -1.00. The summed E-state index contributed by atoms with van der Waals surface area (Å²) >= 11 is 0. The number of benzene rings is 1. The van der Waals surface area contributed by atoms with Crippen molar-refractivity contribution in [3.05, 3.63) is 35.6 Å². The number of carboxylic acids is 1. The smallest absolute Gasteiger partial charge is 0.325 e. The first-order valence-corrected chi connectivity index (χ1v) is 6.88. The van der Waals surface area contributed by atoms with Gasteiger partial charge >= 0.3 is 5.97 Å². The minimum Gasteiger partial charge on any atom is -0.480 e. The average Bonchev–Trinajstić information content (AvgIpc) is 2.41. The van der Waals surface area contributed by atoms with Gasteiger partial charge in [0.2, 0.25) is 0 Å². The number of rotatable bonds is 4. The molecular formula is C15H21FN2O2. The third-order valence-electron chi connectivity index (χ3n) is 4.11. The Morgan fingerprint density at radius 3 is 2.55 bits per heavy atom. The summed E-state index contributed by atoms with van der Waals surface area (Å²) in [6.07, 6.45) is 1.82. The number of hydrogen-bond donors (Lipinski definition) is 1. The van der Waals surface area contributed by atoms with Crippen molar-refractivity contribution in [3.8, 4) is 0 Å². The number of carbonyl (C=O) groups is 1. The Kier molecular flexibility index (Phi) is 4.73. The summed E-state index contributed by atoms with van der Waals surface area (Å²) in [5.74, 6) is -1.46. The molecule has 0 amide bonds. The maximum atomic E-state index is 13.9. The molecule has 1 aliphatic rings. The van der Waals surface area contributed by atoms with Crippen LogP contribution in [0.25, 0.3) is 0 Å². The van der Waals surface area contributed by atoms with Gasteiger partial charge in [-0.3, -0.25) is 9.69 Å². The van der Waals surface area contributed by atoms with Crippen molar-refractivity contribution in [2.75, 3.05) is 27.2 Å². The number of likely N-dealkylation sites (tertiary alicyclic amines) is 1. The fraction of sp³-hybridized carbons (Fsp3) is 0.533. The third kappa shape index (κ3) is 3.16. The minimum absolute atomic E-state index is 0.173. The van der Waals surface area contributed by atoms with Crippen molar-refractivity contribution >= 4 is 5.97 Å². The van der Waals surface area contributed by atoms with Crippen LogP contribution in [0.4, 0.5) is 4.39 Å². The molecule has 2 rings (SSSR count). The molecule has 1 N–H and O–H groups in total. The molecule has 0 radical (unpaired) electrons. The number of hydrogen-bond acceptors (Lipinski definition) is 3. The Bertz CT molecular complexity index is 473. The summed E-state index contributed by atoms with van der Waals surface area (Å²) in [7, 11) is 3.84. The van der Waals surface area contributed by atoms with Crippen LogP contribution in [-0.2, 0) is 4.79 Å². The molecule has 1 aromatic rings. The van der Waals surface area contributed by atoms with Crippen molar-refractivity contribution < 1.29 is 14.3 Å². The molecule has 20 heavy (non-hydrogen) atoms. The van der Waals surface area contributed by atoms with Crippen LogP contribution in [0.3, 0.4) is 0 Å². The van der Waals surface area contributed by atoms with Gasteiger partial charge in [-0.05, 0) is 46.1 Å². The van der Waals surface area contributed by atoms with E-state index in [2.05, 4.69) is 11.9 Å². The molecule has 110 valence electrons. The molecule has 4 nitrogen and oxygen atoms in total. The van der Waals surface area contributed by atoms with Crippen LogP contribution in [0.1, 0.15) is 24.4 Å². The lowest BCUT2D eigenvalue weighted by molar-refractivity contribution is -0.144. The van der Waals surface area contributed by atoms with Gasteiger partial charge in [-0.1, -0.05) is 18.2 Å². The maximum Gasteiger partial charge on any atom is 0.325 e. The van der Waals surface area contributed by atoms with E-state index in [1.165, 1.54) is 6.07 Å². The fourth-order valence-corrected chi connectivity index (χ4v) is 2.84. The topological polar surface area (TPSA) is 43.8 Å². The van der Waals surface area contributed by atoms with Gasteiger partial charge < -0.3 is 10.0 Å². The van der Waals surface area contributed by atoms with Crippen LogP contribution in [0.15, 0.2) is 24.3 Å². The van der Waals surface area contributed by atoms with Gasteiger partial charge in [0.25, 0.3) is 0 Å². The number of nitrogens with zero attached hydrogens (tertiary/aromatic N) is 2. The molecule has 5 heteroatoms. The number of aliphatic carboxylic acids is 1. The number of piperidine rings is 1. The summed E-state index contributed by atoms with van der Waals surface area (Å²) in [4.78, 5) is 15.6. The van der Waals surface area contributed by atoms with Gasteiger partial charge in [-0.2, -0.15) is 0 Å². The third-order valence-corrected chi connectivity index (χ3v) is 4.11. The van der Waals surface area contributed by atoms with Gasteiger partial charge in [0, 0.05) is 11.6 Å². The predicted octanol–water partition coefficient (Wildman–Crippen LogP) is 1.98. The van der Waals surface area contributed by atoms with Crippen LogP contribution >= 0.6 is 0 Å². The van der Waals surface area contributed by atoms with Crippen molar-refractivity contribution in [2.24, 2.45) is 0 Å². The second-order valence-corrected chi connectivity index (χ2v) is 5.46. The monoisotopic (exact) mass is 280 g/mol. The highest BCUT2D eigenvalue weighted by Gasteiger charge is 2.32. The fourth-order valence-electron chi connectivity index (χ4n) is 2.84. The van der Waals surface area contributed by atoms with Crippen molar-refractivity contribution in [3.63, 3.8) is 0 Å². The molecule has 1 heterocycles. The lowest BCUT2D eigenvalue weighted by atomic mass is 9.98. The zero-order valence-electron chi connectivity index (χ0n) is 11.9. The predicted molar refractivity (Wildman–Crippen MR) is 75.1 cm³/mol. The van der Waals surface area contributed by atoms with Crippen molar-refractivity contribution in [1.29, 1.82) is 0 Å². The van der Waals surface area contributed by atoms with Crippen molar-refractivity contribution in [2.45, 2.75) is 24.9 Å². The first-order valence-electron chi connectivity index (χ1n) is 6.88. The maximum absolute atomic E-state index is 13.9. The zero-order valence-corrected chi connectivity index (χ0v) is 11.9. The van der Waals surface area contributed by atoms with E-state index in [4.69, 9.17) is 0 Å². The Hall–Kier alpha value is -1.46. The highest BCUT2D eigenvalue weighted by Crippen LogP contribution is 2.27. The van der Waals surface area contributed by atoms with E-state index < -0.39 is 17.8 Å². The molecule has 1 atom stereocenters. The van der Waals surface area contributed by atoms with E-state index in [0.29, 0.717) is 0 Å². The van der Waals surface area contributed by atoms with Crippen LogP contribution in [0.5, 0.6) is 0 Å². The second-order valence-electron chi connectivity index (χ2n) is 5.46. The molecule has 0 aliphatic carbocycles. The highest BCUT2D eigenvalue weighted by atomic mass is 19.1. The largest absolute Gasteiger partial charge is 0.480 e. The molecule has 0 aromatic heterocycles.